The van der Waals surface area contributed by atoms with Crippen LogP contribution in [-0.2, 0) is 19.2 Å². The average molecular weight is 509 g/mol. The van der Waals surface area contributed by atoms with Crippen molar-refractivity contribution >= 4 is 69.3 Å². The number of carbonyl (C=O) groups is 4. The quantitative estimate of drug-likeness (QED) is 0.247. The van der Waals surface area contributed by atoms with Crippen molar-refractivity contribution in [2.24, 2.45) is 0 Å². The highest BCUT2D eigenvalue weighted by molar-refractivity contribution is 8.00. The lowest BCUT2D eigenvalue weighted by molar-refractivity contribution is -0.147. The van der Waals surface area contributed by atoms with Gasteiger partial charge in [-0.15, -0.1) is 23.1 Å². The van der Waals surface area contributed by atoms with Crippen LogP contribution < -0.4 is 11.1 Å². The van der Waals surface area contributed by atoms with Crippen LogP contribution in [0.15, 0.2) is 22.7 Å². The van der Waals surface area contributed by atoms with E-state index in [9.17, 15) is 32.3 Å². The van der Waals surface area contributed by atoms with E-state index in [2.05, 4.69) is 22.9 Å². The van der Waals surface area contributed by atoms with Gasteiger partial charge < -0.3 is 16.2 Å². The summed E-state index contributed by atoms with van der Waals surface area (Å²) in [5, 5.41) is 11.2. The van der Waals surface area contributed by atoms with Crippen molar-refractivity contribution in [3.05, 3.63) is 28.4 Å². The molecule has 32 heavy (non-hydrogen) atoms. The van der Waals surface area contributed by atoms with Crippen LogP contribution >= 0.6 is 35.7 Å². The molecule has 0 aromatic carbocycles. The monoisotopic (exact) mass is 508 g/mol. The number of carboxylic acid groups (broad SMARTS) is 1. The third kappa shape index (κ3) is 5.10. The lowest BCUT2D eigenvalue weighted by Crippen LogP contribution is -2.70. The van der Waals surface area contributed by atoms with Gasteiger partial charge >= 0.3 is 12.1 Å². The summed E-state index contributed by atoms with van der Waals surface area (Å²) in [4.78, 5) is 53.0. The Morgan fingerprint density at radius 3 is 2.62 bits per heavy atom. The van der Waals surface area contributed by atoms with Gasteiger partial charge in [-0.3, -0.25) is 24.1 Å². The maximum atomic E-state index is 12.8. The molecule has 9 nitrogen and oxygen atoms in total. The van der Waals surface area contributed by atoms with Crippen LogP contribution in [0.5, 0.6) is 0 Å². The number of anilines is 1. The summed E-state index contributed by atoms with van der Waals surface area (Å²) in [5.41, 5.74) is 4.86. The molecule has 0 saturated carbocycles. The van der Waals surface area contributed by atoms with Crippen molar-refractivity contribution in [2.45, 2.75) is 30.4 Å². The Balaban J connectivity index is 1.82. The molecule has 172 valence electrons. The fourth-order valence-corrected chi connectivity index (χ4v) is 5.37. The van der Waals surface area contributed by atoms with Crippen LogP contribution in [-0.4, -0.2) is 61.2 Å². The highest BCUT2D eigenvalue weighted by atomic mass is 32.2. The number of carboxylic acids is 1. The number of nitrogens with two attached hydrogens (primary N) is 1. The third-order valence-corrected chi connectivity index (χ3v) is 6.70. The van der Waals surface area contributed by atoms with Crippen LogP contribution in [0.3, 0.4) is 0 Å². The number of halogens is 3. The van der Waals surface area contributed by atoms with Crippen molar-refractivity contribution in [3.63, 3.8) is 0 Å². The van der Waals surface area contributed by atoms with Crippen molar-refractivity contribution in [2.75, 3.05) is 11.5 Å². The average Bonchev–Trinajstić information content (AvgIpc) is 3.10. The summed E-state index contributed by atoms with van der Waals surface area (Å²) in [7, 11) is 0. The SMILES string of the molecule is Nc1nc(C(=CCC(=O)O)C(=O)N[C@@H]2C(=O)N3C(C(=O)S)=C(CC(F)(F)F)CS[C@H]23)cs1. The molecule has 2 atom stereocenters. The number of hydrogen-bond donors (Lipinski definition) is 4. The van der Waals surface area contributed by atoms with Gasteiger partial charge in [0, 0.05) is 11.1 Å². The van der Waals surface area contributed by atoms with Gasteiger partial charge in [0.2, 0.25) is 5.12 Å². The number of thioether (sulfide) groups is 1. The molecular formula is C17H15F3N4O5S3. The molecule has 0 bridgehead atoms. The molecule has 1 aromatic heterocycles. The second-order valence-electron chi connectivity index (χ2n) is 6.70. The number of aromatic nitrogens is 1. The van der Waals surface area contributed by atoms with E-state index in [0.717, 1.165) is 34.1 Å². The zero-order valence-corrected chi connectivity index (χ0v) is 18.4. The summed E-state index contributed by atoms with van der Waals surface area (Å²) >= 11 is 5.61. The predicted octanol–water partition coefficient (Wildman–Crippen LogP) is 1.65. The first-order chi connectivity index (χ1) is 14.9. The Kier molecular flexibility index (Phi) is 6.90. The molecule has 15 heteroatoms. The van der Waals surface area contributed by atoms with E-state index in [1.54, 1.807) is 0 Å². The first kappa shape index (κ1) is 24.1. The zero-order valence-electron chi connectivity index (χ0n) is 15.9. The fourth-order valence-electron chi connectivity index (χ4n) is 3.19. The number of hydrogen-bond acceptors (Lipinski definition) is 8. The summed E-state index contributed by atoms with van der Waals surface area (Å²) in [6, 6.07) is -1.13. The molecule has 3 rings (SSSR count). The molecule has 4 N–H and O–H groups in total. The summed E-state index contributed by atoms with van der Waals surface area (Å²) in [6.07, 6.45) is -5.31. The molecule has 0 radical (unpaired) electrons. The highest BCUT2D eigenvalue weighted by Gasteiger charge is 2.54. The smallest absolute Gasteiger partial charge is 0.392 e. The third-order valence-electron chi connectivity index (χ3n) is 4.47. The number of carbonyl (C=O) groups excluding carboxylic acids is 3. The van der Waals surface area contributed by atoms with Gasteiger partial charge in [-0.25, -0.2) is 4.98 Å². The molecular weight excluding hydrogens is 493 g/mol. The Hall–Kier alpha value is -2.52. The largest absolute Gasteiger partial charge is 0.481 e. The number of thiazole rings is 1. The highest BCUT2D eigenvalue weighted by Crippen LogP contribution is 2.43. The van der Waals surface area contributed by atoms with Gasteiger partial charge in [0.15, 0.2) is 5.13 Å². The van der Waals surface area contributed by atoms with E-state index < -0.39 is 59.0 Å². The molecule has 0 aliphatic carbocycles. The first-order valence-electron chi connectivity index (χ1n) is 8.80. The molecule has 2 aliphatic rings. The second-order valence-corrected chi connectivity index (χ2v) is 9.10. The van der Waals surface area contributed by atoms with Gasteiger partial charge in [0.1, 0.15) is 11.4 Å². The molecule has 1 saturated heterocycles. The topological polar surface area (TPSA) is 143 Å². The Bertz CT molecular complexity index is 1050. The van der Waals surface area contributed by atoms with E-state index in [1.807, 2.05) is 0 Å². The zero-order chi connectivity index (χ0) is 23.8. The van der Waals surface area contributed by atoms with Gasteiger partial charge in [-0.1, -0.05) is 18.7 Å². The number of amides is 2. The van der Waals surface area contributed by atoms with Crippen molar-refractivity contribution in [1.82, 2.24) is 15.2 Å². The Morgan fingerprint density at radius 1 is 1.41 bits per heavy atom. The van der Waals surface area contributed by atoms with E-state index in [4.69, 9.17) is 10.8 Å². The molecule has 2 aliphatic heterocycles. The van der Waals surface area contributed by atoms with Gasteiger partial charge in [-0.05, 0) is 5.57 Å². The van der Waals surface area contributed by atoms with E-state index in [-0.39, 0.29) is 27.7 Å². The standard InChI is InChI=1S/C17H15F3N4O5S3/c18-17(19,20)3-6-4-31-14-10(13(28)24(14)11(6)15(29)30)23-12(27)7(1-2-9(25)26)8-5-32-16(21)22-8/h1,5,10,14H,2-4H2,(H2,21,22)(H,23,27)(H,25,26)(H,29,30)/t10-,14-/m1/s1. The lowest BCUT2D eigenvalue weighted by atomic mass is 10.0. The number of thiol groups is 1. The summed E-state index contributed by atoms with van der Waals surface area (Å²) < 4.78 is 38.5. The summed E-state index contributed by atoms with van der Waals surface area (Å²) in [5.74, 6) is -2.96. The number of nitrogens with one attached hydrogen (secondary N) is 1. The Labute approximate surface area is 192 Å². The van der Waals surface area contributed by atoms with Crippen LogP contribution in [0, 0.1) is 0 Å². The van der Waals surface area contributed by atoms with E-state index in [1.165, 1.54) is 5.38 Å². The van der Waals surface area contributed by atoms with Crippen molar-refractivity contribution in [1.29, 1.82) is 0 Å². The van der Waals surface area contributed by atoms with Gasteiger partial charge in [0.25, 0.3) is 11.8 Å². The summed E-state index contributed by atoms with van der Waals surface area (Å²) in [6.45, 7) is 0. The molecule has 2 amide bonds. The maximum Gasteiger partial charge on any atom is 0.392 e. The number of rotatable bonds is 7. The lowest BCUT2D eigenvalue weighted by Gasteiger charge is -2.50. The number of alkyl halides is 3. The minimum absolute atomic E-state index is 0.116. The predicted molar refractivity (Wildman–Crippen MR) is 113 cm³/mol. The minimum atomic E-state index is -4.57. The molecule has 0 spiro atoms. The normalized spacial score (nSPS) is 21.2. The second kappa shape index (κ2) is 9.15. The maximum absolute atomic E-state index is 12.8. The number of aliphatic carboxylic acids is 1. The van der Waals surface area contributed by atoms with Gasteiger partial charge in [0.05, 0.1) is 29.8 Å². The van der Waals surface area contributed by atoms with Crippen molar-refractivity contribution < 1.29 is 37.5 Å². The number of β-lactam (4-membered cyclic amide) rings is 1. The van der Waals surface area contributed by atoms with Crippen LogP contribution in [0.4, 0.5) is 18.3 Å². The molecule has 3 heterocycles. The van der Waals surface area contributed by atoms with Gasteiger partial charge in [-0.2, -0.15) is 13.2 Å². The minimum Gasteiger partial charge on any atom is -0.481 e. The number of fused-ring (bicyclic) bond motifs is 1. The number of nitrogens with zero attached hydrogens (tertiary/aromatic N) is 2. The first-order valence-corrected chi connectivity index (χ1v) is 11.2. The van der Waals surface area contributed by atoms with Crippen LogP contribution in [0.25, 0.3) is 5.57 Å². The van der Waals surface area contributed by atoms with Crippen molar-refractivity contribution in [3.8, 4) is 0 Å². The van der Waals surface area contributed by atoms with Crippen LogP contribution in [0.2, 0.25) is 0 Å². The Morgan fingerprint density at radius 2 is 2.09 bits per heavy atom. The van der Waals surface area contributed by atoms with E-state index >= 15 is 0 Å². The van der Waals surface area contributed by atoms with Crippen LogP contribution in [0.1, 0.15) is 18.5 Å². The van der Waals surface area contributed by atoms with E-state index in [0.29, 0.717) is 0 Å². The molecule has 1 fully saturated rings. The molecule has 1 aromatic rings. The fraction of sp³-hybridized carbons (Fsp3) is 0.353. The number of nitrogen functional groups attached to an aromatic ring is 1. The molecule has 0 unspecified atom stereocenters.